The average Bonchev–Trinajstić information content (AvgIpc) is 3.30. The van der Waals surface area contributed by atoms with Crippen molar-refractivity contribution in [2.45, 2.75) is 96.6 Å². The number of allylic oxidation sites excluding steroid dienone is 2. The fourth-order valence-corrected chi connectivity index (χ4v) is 8.58. The van der Waals surface area contributed by atoms with E-state index in [1.807, 2.05) is 18.2 Å². The Balaban J connectivity index is 1.18. The van der Waals surface area contributed by atoms with Gasteiger partial charge < -0.3 is 14.8 Å². The SMILES string of the molecule is CCCC1=C2[C@@H](CC/C(=C/c3ccc(O)cc3)CCC)OB(O)C[C@@H]2[C@@H]2C(=O)N(C3CCN(Cc4ccccc4)CC3)C(=O)[C@@H]2C1. The van der Waals surface area contributed by atoms with Gasteiger partial charge in [0.2, 0.25) is 11.8 Å². The Morgan fingerprint density at radius 3 is 2.39 bits per heavy atom. The highest BCUT2D eigenvalue weighted by atomic mass is 16.5. The van der Waals surface area contributed by atoms with Gasteiger partial charge in [0.25, 0.3) is 0 Å². The van der Waals surface area contributed by atoms with Gasteiger partial charge in [-0.25, -0.2) is 0 Å². The molecule has 3 heterocycles. The molecule has 3 aliphatic heterocycles. The predicted molar refractivity (Wildman–Crippen MR) is 181 cm³/mol. The van der Waals surface area contributed by atoms with E-state index in [-0.39, 0.29) is 41.5 Å². The van der Waals surface area contributed by atoms with Gasteiger partial charge in [-0.1, -0.05) is 86.4 Å². The number of hydrogen-bond donors (Lipinski definition) is 2. The fraction of sp³-hybridized carbons (Fsp3) is 0.526. The fourth-order valence-electron chi connectivity index (χ4n) is 8.58. The monoisotopic (exact) mass is 624 g/mol. The van der Waals surface area contributed by atoms with Crippen molar-refractivity contribution < 1.29 is 24.4 Å². The standard InChI is InChI=1S/C38H49BN2O5/c1-3-8-26(22-27-12-15-31(42)16-13-27)14-17-34-35-29(9-4-2)23-32-36(33(35)24-39(45)46-34)38(44)41(37(32)43)30-18-20-40(21-19-30)25-28-10-6-5-7-11-28/h5-7,10-13,15-16,22,30,32-34,36,42,45H,3-4,8-9,14,17-21,23-25H2,1-2H3/b26-22+/t32-,33+,34-,36-/m1/s1. The first-order valence-electron chi connectivity index (χ1n) is 17.5. The molecule has 0 bridgehead atoms. The van der Waals surface area contributed by atoms with Crippen LogP contribution in [-0.4, -0.2) is 64.1 Å². The molecular formula is C38H49BN2O5. The molecule has 4 atom stereocenters. The highest BCUT2D eigenvalue weighted by Crippen LogP contribution is 2.52. The lowest BCUT2D eigenvalue weighted by molar-refractivity contribution is -0.144. The highest BCUT2D eigenvalue weighted by Gasteiger charge is 2.58. The maximum Gasteiger partial charge on any atom is 0.455 e. The Hall–Kier alpha value is -3.20. The van der Waals surface area contributed by atoms with Crippen LogP contribution >= 0.6 is 0 Å². The van der Waals surface area contributed by atoms with Crippen LogP contribution in [0.4, 0.5) is 0 Å². The smallest absolute Gasteiger partial charge is 0.455 e. The van der Waals surface area contributed by atoms with E-state index in [0.29, 0.717) is 12.7 Å². The third-order valence-corrected chi connectivity index (χ3v) is 10.6. The first-order chi connectivity index (χ1) is 22.4. The zero-order chi connectivity index (χ0) is 32.2. The summed E-state index contributed by atoms with van der Waals surface area (Å²) in [6.07, 6.45) is 9.89. The molecule has 0 radical (unpaired) electrons. The molecular weight excluding hydrogens is 575 g/mol. The van der Waals surface area contributed by atoms with Crippen LogP contribution < -0.4 is 0 Å². The maximum absolute atomic E-state index is 14.3. The van der Waals surface area contributed by atoms with Gasteiger partial charge in [-0.15, -0.1) is 0 Å². The number of fused-ring (bicyclic) bond motifs is 3. The molecule has 1 aliphatic carbocycles. The van der Waals surface area contributed by atoms with Crippen molar-refractivity contribution in [2.24, 2.45) is 17.8 Å². The number of piperidine rings is 1. The Morgan fingerprint density at radius 1 is 0.957 bits per heavy atom. The van der Waals surface area contributed by atoms with Crippen molar-refractivity contribution in [3.8, 4) is 5.75 Å². The summed E-state index contributed by atoms with van der Waals surface area (Å²) < 4.78 is 6.26. The molecule has 0 aromatic heterocycles. The number of amides is 2. The van der Waals surface area contributed by atoms with Crippen LogP contribution in [-0.2, 0) is 20.8 Å². The van der Waals surface area contributed by atoms with Gasteiger partial charge in [0.15, 0.2) is 0 Å². The number of carbonyl (C=O) groups excluding carboxylic acids is 2. The summed E-state index contributed by atoms with van der Waals surface area (Å²) >= 11 is 0. The Kier molecular flexibility index (Phi) is 10.5. The van der Waals surface area contributed by atoms with E-state index in [1.54, 1.807) is 17.0 Å². The van der Waals surface area contributed by atoms with E-state index in [2.05, 4.69) is 49.1 Å². The molecule has 2 N–H and O–H groups in total. The summed E-state index contributed by atoms with van der Waals surface area (Å²) in [6, 6.07) is 17.7. The number of rotatable bonds is 11. The second-order valence-electron chi connectivity index (χ2n) is 13.8. The molecule has 46 heavy (non-hydrogen) atoms. The van der Waals surface area contributed by atoms with Crippen LogP contribution in [0.2, 0.25) is 6.32 Å². The van der Waals surface area contributed by atoms with E-state index in [9.17, 15) is 19.7 Å². The molecule has 0 spiro atoms. The number of likely N-dealkylation sites (tertiary alicyclic amines) is 2. The lowest BCUT2D eigenvalue weighted by Crippen LogP contribution is -2.48. The van der Waals surface area contributed by atoms with Crippen molar-refractivity contribution in [2.75, 3.05) is 13.1 Å². The van der Waals surface area contributed by atoms with Gasteiger partial charge in [-0.05, 0) is 86.0 Å². The van der Waals surface area contributed by atoms with Gasteiger partial charge in [0.1, 0.15) is 5.75 Å². The number of hydrogen-bond acceptors (Lipinski definition) is 6. The first-order valence-corrected chi connectivity index (χ1v) is 17.5. The molecule has 4 aliphatic rings. The zero-order valence-electron chi connectivity index (χ0n) is 27.4. The number of aromatic hydroxyl groups is 1. The molecule has 244 valence electrons. The van der Waals surface area contributed by atoms with Crippen LogP contribution in [0.15, 0.2) is 71.3 Å². The van der Waals surface area contributed by atoms with Crippen molar-refractivity contribution in [1.82, 2.24) is 9.80 Å². The van der Waals surface area contributed by atoms with Crippen molar-refractivity contribution in [1.29, 1.82) is 0 Å². The van der Waals surface area contributed by atoms with Gasteiger partial charge in [-0.3, -0.25) is 19.4 Å². The van der Waals surface area contributed by atoms with E-state index in [1.165, 1.54) is 22.3 Å². The van der Waals surface area contributed by atoms with Gasteiger partial charge in [0, 0.05) is 25.7 Å². The first kappa shape index (κ1) is 32.7. The number of imide groups is 1. The summed E-state index contributed by atoms with van der Waals surface area (Å²) in [6.45, 7) is 6.96. The minimum atomic E-state index is -0.950. The molecule has 0 saturated carbocycles. The lowest BCUT2D eigenvalue weighted by Gasteiger charge is -2.43. The van der Waals surface area contributed by atoms with E-state index < -0.39 is 13.0 Å². The lowest BCUT2D eigenvalue weighted by atomic mass is 9.58. The van der Waals surface area contributed by atoms with Crippen LogP contribution in [0, 0.1) is 17.8 Å². The normalized spacial score (nSPS) is 26.1. The van der Waals surface area contributed by atoms with Gasteiger partial charge >= 0.3 is 7.12 Å². The molecule has 2 aromatic carbocycles. The minimum absolute atomic E-state index is 0.00348. The third-order valence-electron chi connectivity index (χ3n) is 10.6. The number of phenols is 1. The van der Waals surface area contributed by atoms with E-state index in [0.717, 1.165) is 76.6 Å². The Labute approximate surface area is 274 Å². The number of carbonyl (C=O) groups is 2. The topological polar surface area (TPSA) is 90.3 Å². The maximum atomic E-state index is 14.3. The van der Waals surface area contributed by atoms with Gasteiger partial charge in [-0.2, -0.15) is 0 Å². The molecule has 2 aromatic rings. The summed E-state index contributed by atoms with van der Waals surface area (Å²) in [7, 11) is -0.950. The molecule has 3 saturated heterocycles. The number of benzene rings is 2. The number of nitrogens with zero attached hydrogens (tertiary/aromatic N) is 2. The largest absolute Gasteiger partial charge is 0.508 e. The summed E-state index contributed by atoms with van der Waals surface area (Å²) in [5.41, 5.74) is 6.10. The second kappa shape index (κ2) is 14.7. The summed E-state index contributed by atoms with van der Waals surface area (Å²) in [5, 5.41) is 20.7. The van der Waals surface area contributed by atoms with E-state index in [4.69, 9.17) is 4.65 Å². The zero-order valence-corrected chi connectivity index (χ0v) is 27.4. The molecule has 0 unspecified atom stereocenters. The van der Waals surface area contributed by atoms with Crippen LogP contribution in [0.5, 0.6) is 5.75 Å². The highest BCUT2D eigenvalue weighted by molar-refractivity contribution is 6.43. The second-order valence-corrected chi connectivity index (χ2v) is 13.8. The van der Waals surface area contributed by atoms with Crippen LogP contribution in [0.25, 0.3) is 6.08 Å². The average molecular weight is 625 g/mol. The predicted octanol–water partition coefficient (Wildman–Crippen LogP) is 6.62. The summed E-state index contributed by atoms with van der Waals surface area (Å²) in [4.78, 5) is 32.4. The molecule has 7 nitrogen and oxygen atoms in total. The molecule has 3 fully saturated rings. The molecule has 8 heteroatoms. The molecule has 2 amide bonds. The molecule has 6 rings (SSSR count). The Bertz CT molecular complexity index is 1430. The summed E-state index contributed by atoms with van der Waals surface area (Å²) in [5.74, 6) is -0.674. The minimum Gasteiger partial charge on any atom is -0.508 e. The van der Waals surface area contributed by atoms with Crippen LogP contribution in [0.1, 0.15) is 82.8 Å². The van der Waals surface area contributed by atoms with Crippen molar-refractivity contribution in [3.05, 3.63) is 82.4 Å². The third kappa shape index (κ3) is 7.04. The quantitative estimate of drug-likeness (QED) is 0.166. The number of phenolic OH excluding ortho intramolecular Hbond substituents is 1. The van der Waals surface area contributed by atoms with Crippen molar-refractivity contribution in [3.63, 3.8) is 0 Å². The van der Waals surface area contributed by atoms with Crippen molar-refractivity contribution >= 4 is 25.0 Å². The Morgan fingerprint density at radius 2 is 1.70 bits per heavy atom. The van der Waals surface area contributed by atoms with Crippen LogP contribution in [0.3, 0.4) is 0 Å². The van der Waals surface area contributed by atoms with Gasteiger partial charge in [0.05, 0.1) is 17.9 Å². The van der Waals surface area contributed by atoms with E-state index >= 15 is 0 Å².